The molecule has 0 bridgehead atoms. The topological polar surface area (TPSA) is 84.7 Å². The first kappa shape index (κ1) is 21.2. The average molecular weight is 392 g/mol. The van der Waals surface area contributed by atoms with E-state index in [0.29, 0.717) is 26.2 Å². The molecule has 0 aromatic heterocycles. The highest BCUT2D eigenvalue weighted by atomic mass is 35.5. The zero-order valence-corrected chi connectivity index (χ0v) is 16.2. The van der Waals surface area contributed by atoms with Crippen molar-refractivity contribution in [1.82, 2.24) is 10.2 Å². The number of nitrogens with one attached hydrogen (secondary N) is 1. The number of likely N-dealkylation sites (tertiary alicyclic amines) is 1. The molecule has 3 rings (SSSR count). The number of nitrogens with two attached hydrogens (primary N) is 1. The Morgan fingerprint density at radius 1 is 1.30 bits per heavy atom. The minimum atomic E-state index is -0.339. The van der Waals surface area contributed by atoms with E-state index in [1.807, 2.05) is 36.4 Å². The van der Waals surface area contributed by atoms with E-state index in [0.717, 1.165) is 16.3 Å². The second kappa shape index (κ2) is 9.69. The molecule has 0 aliphatic carbocycles. The fourth-order valence-corrected chi connectivity index (χ4v) is 3.36. The molecule has 7 heteroatoms. The summed E-state index contributed by atoms with van der Waals surface area (Å²) in [5.74, 6) is -0.465. The van der Waals surface area contributed by atoms with Crippen molar-refractivity contribution in [2.45, 2.75) is 12.5 Å². The van der Waals surface area contributed by atoms with Crippen LogP contribution in [0.25, 0.3) is 10.8 Å². The summed E-state index contributed by atoms with van der Waals surface area (Å²) in [4.78, 5) is 26.4. The molecule has 3 N–H and O–H groups in total. The molecule has 0 radical (unpaired) electrons. The van der Waals surface area contributed by atoms with Crippen molar-refractivity contribution in [2.24, 2.45) is 11.7 Å². The lowest BCUT2D eigenvalue weighted by Crippen LogP contribution is -2.38. The Morgan fingerprint density at radius 3 is 2.74 bits per heavy atom. The molecule has 146 valence electrons. The number of hydrogen-bond acceptors (Lipinski definition) is 4. The molecule has 1 aliphatic heterocycles. The fourth-order valence-electron chi connectivity index (χ4n) is 3.36. The predicted molar refractivity (Wildman–Crippen MR) is 108 cm³/mol. The number of fused-ring (bicyclic) bond motifs is 1. The van der Waals surface area contributed by atoms with E-state index in [1.165, 1.54) is 0 Å². The van der Waals surface area contributed by atoms with Gasteiger partial charge in [0.05, 0.1) is 18.6 Å². The Kier molecular flexibility index (Phi) is 7.59. The van der Waals surface area contributed by atoms with Gasteiger partial charge in [-0.2, -0.15) is 0 Å². The molecule has 6 nitrogen and oxygen atoms in total. The molecule has 0 saturated carbocycles. The maximum Gasteiger partial charge on any atom is 0.225 e. The summed E-state index contributed by atoms with van der Waals surface area (Å²) in [5, 5.41) is 5.27. The van der Waals surface area contributed by atoms with Gasteiger partial charge in [-0.15, -0.1) is 12.4 Å². The van der Waals surface area contributed by atoms with E-state index in [-0.39, 0.29) is 42.6 Å². The van der Waals surface area contributed by atoms with E-state index in [2.05, 4.69) is 11.4 Å². The molecule has 1 heterocycles. The van der Waals surface area contributed by atoms with Crippen molar-refractivity contribution in [2.75, 3.05) is 33.4 Å². The molecular formula is C20H26ClN3O3. The summed E-state index contributed by atoms with van der Waals surface area (Å²) in [6.45, 7) is 1.73. The number of benzene rings is 2. The standard InChI is InChI=1S/C20H25N3O3.ClH/c1-26-9-8-23-13-17(11-19(23)24)20(25)22-18(12-21)16-7-6-14-4-2-3-5-15(14)10-16;/h2-7,10,17-18H,8-9,11-13,21H2,1H3,(H,22,25);1H. The van der Waals surface area contributed by atoms with Crippen LogP contribution in [0.5, 0.6) is 0 Å². The van der Waals surface area contributed by atoms with Gasteiger partial charge in [0.1, 0.15) is 0 Å². The third-order valence-electron chi connectivity index (χ3n) is 4.88. The van der Waals surface area contributed by atoms with E-state index in [1.54, 1.807) is 12.0 Å². The van der Waals surface area contributed by atoms with Crippen molar-refractivity contribution in [1.29, 1.82) is 0 Å². The lowest BCUT2D eigenvalue weighted by molar-refractivity contribution is -0.129. The van der Waals surface area contributed by atoms with E-state index in [4.69, 9.17) is 10.5 Å². The van der Waals surface area contributed by atoms with Gasteiger partial charge in [-0.05, 0) is 22.4 Å². The first-order valence-corrected chi connectivity index (χ1v) is 8.88. The van der Waals surface area contributed by atoms with Crippen LogP contribution in [0.1, 0.15) is 18.0 Å². The van der Waals surface area contributed by atoms with Crippen LogP contribution in [-0.4, -0.2) is 50.1 Å². The molecule has 27 heavy (non-hydrogen) atoms. The molecule has 2 amide bonds. The number of methoxy groups -OCH3 is 1. The molecule has 0 spiro atoms. The number of rotatable bonds is 7. The summed E-state index contributed by atoms with van der Waals surface area (Å²) < 4.78 is 5.01. The Hall–Kier alpha value is -2.15. The van der Waals surface area contributed by atoms with Crippen LogP contribution >= 0.6 is 12.4 Å². The summed E-state index contributed by atoms with van der Waals surface area (Å²) >= 11 is 0. The summed E-state index contributed by atoms with van der Waals surface area (Å²) in [6, 6.07) is 13.9. The largest absolute Gasteiger partial charge is 0.383 e. The highest BCUT2D eigenvalue weighted by Crippen LogP contribution is 2.22. The van der Waals surface area contributed by atoms with Gasteiger partial charge >= 0.3 is 0 Å². The lowest BCUT2D eigenvalue weighted by atomic mass is 10.0. The molecular weight excluding hydrogens is 366 g/mol. The van der Waals surface area contributed by atoms with Crippen LogP contribution in [0, 0.1) is 5.92 Å². The van der Waals surface area contributed by atoms with E-state index < -0.39 is 0 Å². The van der Waals surface area contributed by atoms with Crippen LogP contribution in [0.15, 0.2) is 42.5 Å². The number of nitrogens with zero attached hydrogens (tertiary/aromatic N) is 1. The maximum atomic E-state index is 12.6. The van der Waals surface area contributed by atoms with Gasteiger partial charge in [-0.3, -0.25) is 9.59 Å². The zero-order valence-electron chi connectivity index (χ0n) is 15.4. The second-order valence-electron chi connectivity index (χ2n) is 6.64. The lowest BCUT2D eigenvalue weighted by Gasteiger charge is -2.20. The van der Waals surface area contributed by atoms with Gasteiger partial charge in [0.2, 0.25) is 11.8 Å². The first-order valence-electron chi connectivity index (χ1n) is 8.88. The molecule has 2 aromatic carbocycles. The highest BCUT2D eigenvalue weighted by Gasteiger charge is 2.34. The van der Waals surface area contributed by atoms with Crippen LogP contribution in [-0.2, 0) is 14.3 Å². The Bertz CT molecular complexity index is 799. The smallest absolute Gasteiger partial charge is 0.225 e. The van der Waals surface area contributed by atoms with Crippen molar-refractivity contribution in [3.8, 4) is 0 Å². The third kappa shape index (κ3) is 4.97. The number of hydrogen-bond donors (Lipinski definition) is 2. The minimum Gasteiger partial charge on any atom is -0.383 e. The van der Waals surface area contributed by atoms with Crippen molar-refractivity contribution >= 4 is 35.0 Å². The summed E-state index contributed by atoms with van der Waals surface area (Å²) in [7, 11) is 1.60. The summed E-state index contributed by atoms with van der Waals surface area (Å²) in [6.07, 6.45) is 0.241. The zero-order chi connectivity index (χ0) is 18.5. The van der Waals surface area contributed by atoms with Gasteiger partial charge in [0.25, 0.3) is 0 Å². The van der Waals surface area contributed by atoms with E-state index in [9.17, 15) is 9.59 Å². The van der Waals surface area contributed by atoms with Crippen LogP contribution < -0.4 is 11.1 Å². The molecule has 2 unspecified atom stereocenters. The van der Waals surface area contributed by atoms with Gasteiger partial charge in [-0.1, -0.05) is 36.4 Å². The average Bonchev–Trinajstić information content (AvgIpc) is 3.04. The van der Waals surface area contributed by atoms with Gasteiger partial charge in [-0.25, -0.2) is 0 Å². The van der Waals surface area contributed by atoms with Crippen molar-refractivity contribution < 1.29 is 14.3 Å². The maximum absolute atomic E-state index is 12.6. The molecule has 2 atom stereocenters. The highest BCUT2D eigenvalue weighted by molar-refractivity contribution is 5.89. The summed E-state index contributed by atoms with van der Waals surface area (Å²) in [5.41, 5.74) is 6.88. The van der Waals surface area contributed by atoms with Gasteiger partial charge in [0.15, 0.2) is 0 Å². The number of carbonyl (C=O) groups excluding carboxylic acids is 2. The number of halogens is 1. The van der Waals surface area contributed by atoms with Crippen LogP contribution in [0.3, 0.4) is 0 Å². The Morgan fingerprint density at radius 2 is 2.04 bits per heavy atom. The predicted octanol–water partition coefficient (Wildman–Crippen LogP) is 1.87. The van der Waals surface area contributed by atoms with E-state index >= 15 is 0 Å². The second-order valence-corrected chi connectivity index (χ2v) is 6.64. The molecule has 2 aromatic rings. The number of carbonyl (C=O) groups is 2. The quantitative estimate of drug-likeness (QED) is 0.754. The first-order chi connectivity index (χ1) is 12.6. The van der Waals surface area contributed by atoms with Crippen molar-refractivity contribution in [3.05, 3.63) is 48.0 Å². The molecule has 1 aliphatic rings. The number of ether oxygens (including phenoxy) is 1. The monoisotopic (exact) mass is 391 g/mol. The Labute approximate surface area is 165 Å². The Balaban J connectivity index is 0.00000261. The molecule has 1 fully saturated rings. The van der Waals surface area contributed by atoms with Gasteiger partial charge < -0.3 is 20.7 Å². The van der Waals surface area contributed by atoms with Crippen molar-refractivity contribution in [3.63, 3.8) is 0 Å². The third-order valence-corrected chi connectivity index (χ3v) is 4.88. The SMILES string of the molecule is COCCN1CC(C(=O)NC(CN)c2ccc3ccccc3c2)CC1=O.Cl. The van der Waals surface area contributed by atoms with Crippen LogP contribution in [0.2, 0.25) is 0 Å². The number of amides is 2. The van der Waals surface area contributed by atoms with Gasteiger partial charge in [0, 0.05) is 33.2 Å². The molecule has 1 saturated heterocycles. The minimum absolute atomic E-state index is 0. The normalized spacial score (nSPS) is 17.6. The fraction of sp³-hybridized carbons (Fsp3) is 0.400. The van der Waals surface area contributed by atoms with Crippen LogP contribution in [0.4, 0.5) is 0 Å².